The smallest absolute Gasteiger partial charge is 0.350 e. The van der Waals surface area contributed by atoms with Gasteiger partial charge < -0.3 is 15.3 Å². The van der Waals surface area contributed by atoms with Crippen LogP contribution in [0.15, 0.2) is 5.16 Å². The topological polar surface area (TPSA) is 73.9 Å². The van der Waals surface area contributed by atoms with E-state index in [4.69, 9.17) is 15.3 Å². The Bertz CT molecular complexity index is 276. The molecule has 1 aliphatic rings. The Balaban J connectivity index is 2.41. The Kier molecular flexibility index (Phi) is 4.73. The Morgan fingerprint density at radius 1 is 1.69 bits per heavy atom. The fourth-order valence-corrected chi connectivity index (χ4v) is 1.62. The molecule has 0 bridgehead atoms. The summed E-state index contributed by atoms with van der Waals surface area (Å²) in [6.07, 6.45) is 0.693. The molecular formula is C11H20N2O3. The third kappa shape index (κ3) is 3.48. The first-order chi connectivity index (χ1) is 7.54. The maximum Gasteiger partial charge on any atom is 0.350 e. The van der Waals surface area contributed by atoms with Gasteiger partial charge in [0.25, 0.3) is 0 Å². The van der Waals surface area contributed by atoms with Crippen molar-refractivity contribution in [2.75, 3.05) is 6.61 Å². The predicted molar refractivity (Wildman–Crippen MR) is 61.0 cm³/mol. The van der Waals surface area contributed by atoms with Gasteiger partial charge in [-0.1, -0.05) is 19.0 Å². The Labute approximate surface area is 96.0 Å². The maximum atomic E-state index is 11.4. The molecule has 92 valence electrons. The normalized spacial score (nSPS) is 21.6. The number of hydrogen-bond donors (Lipinski definition) is 1. The van der Waals surface area contributed by atoms with Crippen LogP contribution in [-0.4, -0.2) is 30.4 Å². The fraction of sp³-hybridized carbons (Fsp3) is 0.818. The van der Waals surface area contributed by atoms with Crippen LogP contribution in [-0.2, 0) is 14.4 Å². The average Bonchev–Trinajstić information content (AvgIpc) is 2.65. The van der Waals surface area contributed by atoms with Crippen molar-refractivity contribution in [1.82, 2.24) is 0 Å². The van der Waals surface area contributed by atoms with Crippen LogP contribution in [0.25, 0.3) is 0 Å². The maximum absolute atomic E-state index is 11.4. The molecule has 2 atom stereocenters. The molecule has 0 aromatic heterocycles. The van der Waals surface area contributed by atoms with Crippen molar-refractivity contribution in [3.63, 3.8) is 0 Å². The monoisotopic (exact) mass is 228 g/mol. The number of nitrogens with zero attached hydrogens (tertiary/aromatic N) is 1. The summed E-state index contributed by atoms with van der Waals surface area (Å²) >= 11 is 0. The predicted octanol–water partition coefficient (Wildman–Crippen LogP) is 1.07. The van der Waals surface area contributed by atoms with E-state index in [1.165, 1.54) is 0 Å². The first-order valence-electron chi connectivity index (χ1n) is 5.69. The van der Waals surface area contributed by atoms with E-state index < -0.39 is 6.10 Å². The van der Waals surface area contributed by atoms with Crippen molar-refractivity contribution in [3.8, 4) is 0 Å². The second-order valence-corrected chi connectivity index (χ2v) is 4.37. The molecule has 5 heteroatoms. The molecule has 1 heterocycles. The third-order valence-electron chi connectivity index (χ3n) is 2.39. The molecule has 1 rings (SSSR count). The molecular weight excluding hydrogens is 208 g/mol. The van der Waals surface area contributed by atoms with Crippen molar-refractivity contribution in [2.24, 2.45) is 16.8 Å². The number of hydrogen-bond acceptors (Lipinski definition) is 5. The molecule has 0 saturated heterocycles. The highest BCUT2D eigenvalue weighted by Gasteiger charge is 2.31. The van der Waals surface area contributed by atoms with Crippen molar-refractivity contribution in [3.05, 3.63) is 0 Å². The lowest BCUT2D eigenvalue weighted by molar-refractivity contribution is -0.154. The third-order valence-corrected chi connectivity index (χ3v) is 2.39. The van der Waals surface area contributed by atoms with Gasteiger partial charge in [-0.25, -0.2) is 4.79 Å². The zero-order chi connectivity index (χ0) is 12.1. The van der Waals surface area contributed by atoms with Crippen LogP contribution in [0.1, 0.15) is 33.6 Å². The van der Waals surface area contributed by atoms with Gasteiger partial charge >= 0.3 is 5.97 Å². The average molecular weight is 228 g/mol. The number of ether oxygens (including phenoxy) is 1. The van der Waals surface area contributed by atoms with E-state index in [1.807, 2.05) is 0 Å². The van der Waals surface area contributed by atoms with E-state index in [2.05, 4.69) is 19.0 Å². The molecule has 0 aromatic rings. The minimum atomic E-state index is -0.604. The largest absolute Gasteiger partial charge is 0.463 e. The quantitative estimate of drug-likeness (QED) is 0.714. The van der Waals surface area contributed by atoms with Gasteiger partial charge in [0, 0.05) is 12.5 Å². The van der Waals surface area contributed by atoms with E-state index in [0.717, 1.165) is 12.1 Å². The molecule has 0 fully saturated rings. The van der Waals surface area contributed by atoms with Crippen LogP contribution in [0.3, 0.4) is 0 Å². The minimum absolute atomic E-state index is 0.126. The number of esters is 1. The molecule has 1 unspecified atom stereocenters. The van der Waals surface area contributed by atoms with Gasteiger partial charge in [0.2, 0.25) is 6.10 Å². The number of rotatable bonds is 5. The summed E-state index contributed by atoms with van der Waals surface area (Å²) in [5.74, 6) is 0.136. The summed E-state index contributed by atoms with van der Waals surface area (Å²) in [4.78, 5) is 16.4. The van der Waals surface area contributed by atoms with Crippen LogP contribution in [0.4, 0.5) is 0 Å². The highest BCUT2D eigenvalue weighted by molar-refractivity contribution is 5.94. The van der Waals surface area contributed by atoms with Crippen LogP contribution in [0.2, 0.25) is 0 Å². The number of oxime groups is 1. The zero-order valence-corrected chi connectivity index (χ0v) is 10.1. The molecule has 1 aliphatic heterocycles. The molecule has 0 saturated carbocycles. The molecule has 0 amide bonds. The van der Waals surface area contributed by atoms with Gasteiger partial charge in [0.15, 0.2) is 0 Å². The van der Waals surface area contributed by atoms with Crippen LogP contribution < -0.4 is 5.73 Å². The Morgan fingerprint density at radius 3 is 2.94 bits per heavy atom. The van der Waals surface area contributed by atoms with Crippen molar-refractivity contribution in [2.45, 2.75) is 45.8 Å². The molecule has 5 nitrogen and oxygen atoms in total. The second-order valence-electron chi connectivity index (χ2n) is 4.37. The van der Waals surface area contributed by atoms with E-state index >= 15 is 0 Å². The van der Waals surface area contributed by atoms with Crippen LogP contribution in [0, 0.1) is 5.92 Å². The molecule has 16 heavy (non-hydrogen) atoms. The van der Waals surface area contributed by atoms with Crippen molar-refractivity contribution >= 4 is 11.7 Å². The molecule has 0 aliphatic carbocycles. The molecule has 0 aromatic carbocycles. The fourth-order valence-electron chi connectivity index (χ4n) is 1.62. The van der Waals surface area contributed by atoms with Crippen LogP contribution >= 0.6 is 0 Å². The lowest BCUT2D eigenvalue weighted by atomic mass is 9.98. The van der Waals surface area contributed by atoms with Gasteiger partial charge in [0.1, 0.15) is 0 Å². The van der Waals surface area contributed by atoms with E-state index in [0.29, 0.717) is 18.9 Å². The Morgan fingerprint density at radius 2 is 2.38 bits per heavy atom. The molecule has 2 N–H and O–H groups in total. The summed E-state index contributed by atoms with van der Waals surface area (Å²) in [6.45, 7) is 6.31. The standard InChI is InChI=1S/C11H20N2O3/c1-4-15-11(14)10-6-9(13-16-10)8(12)5-7(2)3/h7-8,10H,4-6,12H2,1-3H3/t8-,10?/m0/s1. The van der Waals surface area contributed by atoms with Gasteiger partial charge in [-0.05, 0) is 19.3 Å². The first-order valence-corrected chi connectivity index (χ1v) is 5.69. The number of nitrogens with two attached hydrogens (primary N) is 1. The summed E-state index contributed by atoms with van der Waals surface area (Å²) in [7, 11) is 0. The van der Waals surface area contributed by atoms with Gasteiger partial charge in [-0.3, -0.25) is 0 Å². The first kappa shape index (κ1) is 13.0. The van der Waals surface area contributed by atoms with Crippen molar-refractivity contribution < 1.29 is 14.4 Å². The molecule has 0 spiro atoms. The van der Waals surface area contributed by atoms with E-state index in [-0.39, 0.29) is 12.0 Å². The lowest BCUT2D eigenvalue weighted by Crippen LogP contribution is -2.33. The highest BCUT2D eigenvalue weighted by Crippen LogP contribution is 2.16. The summed E-state index contributed by atoms with van der Waals surface area (Å²) in [6, 6.07) is -0.126. The Hall–Kier alpha value is -1.10. The van der Waals surface area contributed by atoms with Crippen LogP contribution in [0.5, 0.6) is 0 Å². The highest BCUT2D eigenvalue weighted by atomic mass is 16.7. The van der Waals surface area contributed by atoms with Crippen molar-refractivity contribution in [1.29, 1.82) is 0 Å². The summed E-state index contributed by atoms with van der Waals surface area (Å²) in [5, 5.41) is 3.86. The van der Waals surface area contributed by atoms with Gasteiger partial charge in [0.05, 0.1) is 12.3 Å². The van der Waals surface area contributed by atoms with Gasteiger partial charge in [-0.15, -0.1) is 0 Å². The summed E-state index contributed by atoms with van der Waals surface area (Å²) in [5.41, 5.74) is 6.71. The lowest BCUT2D eigenvalue weighted by Gasteiger charge is -2.12. The SMILES string of the molecule is CCOC(=O)C1CC([C@@H](N)CC(C)C)=NO1. The number of carbonyl (C=O) groups is 1. The zero-order valence-electron chi connectivity index (χ0n) is 10.1. The van der Waals surface area contributed by atoms with E-state index in [9.17, 15) is 4.79 Å². The number of carbonyl (C=O) groups excluding carboxylic acids is 1. The summed E-state index contributed by atoms with van der Waals surface area (Å²) < 4.78 is 4.86. The minimum Gasteiger partial charge on any atom is -0.463 e. The second kappa shape index (κ2) is 5.84. The van der Waals surface area contributed by atoms with E-state index in [1.54, 1.807) is 6.92 Å². The van der Waals surface area contributed by atoms with Gasteiger partial charge in [-0.2, -0.15) is 0 Å². The molecule has 0 radical (unpaired) electrons.